The largest absolute Gasteiger partial charge is 0.355 e. The van der Waals surface area contributed by atoms with Gasteiger partial charge in [-0.3, -0.25) is 9.69 Å². The van der Waals surface area contributed by atoms with Crippen LogP contribution in [0.3, 0.4) is 0 Å². The molecule has 0 aliphatic carbocycles. The zero-order chi connectivity index (χ0) is 21.7. The third kappa shape index (κ3) is 6.03. The molecule has 1 N–H and O–H groups in total. The summed E-state index contributed by atoms with van der Waals surface area (Å²) in [5.74, 6) is -0.0473. The molecule has 1 aliphatic heterocycles. The summed E-state index contributed by atoms with van der Waals surface area (Å²) in [6, 6.07) is 13.1. The minimum Gasteiger partial charge on any atom is -0.355 e. The number of amides is 1. The van der Waals surface area contributed by atoms with Crippen molar-refractivity contribution in [1.29, 1.82) is 0 Å². The van der Waals surface area contributed by atoms with Gasteiger partial charge in [0.15, 0.2) is 0 Å². The van der Waals surface area contributed by atoms with Gasteiger partial charge in [-0.15, -0.1) is 0 Å². The molecule has 1 saturated heterocycles. The van der Waals surface area contributed by atoms with E-state index in [1.54, 1.807) is 6.92 Å². The first-order chi connectivity index (χ1) is 14.3. The van der Waals surface area contributed by atoms with Crippen LogP contribution in [0.5, 0.6) is 0 Å². The standard InChI is InChI=1S/C24H31ClFN3O/c1-17-12-18(8-9-23(17)26)20-13-21(24(30)27-10-11-28(2)3)16-29(15-20)14-19-6-4-5-7-22(19)25/h4-9,12,20-21H,10-11,13-16H2,1-3H3,(H,27,30)/t20-,21+/m1/s1. The number of aryl methyl sites for hydroxylation is 1. The van der Waals surface area contributed by atoms with Crippen LogP contribution in [0.1, 0.15) is 29.0 Å². The van der Waals surface area contributed by atoms with Gasteiger partial charge in [-0.25, -0.2) is 4.39 Å². The van der Waals surface area contributed by atoms with Gasteiger partial charge in [0.1, 0.15) is 5.82 Å². The van der Waals surface area contributed by atoms with Crippen LogP contribution in [0.15, 0.2) is 42.5 Å². The molecule has 0 bridgehead atoms. The SMILES string of the molecule is Cc1cc([C@@H]2C[C@H](C(=O)NCCN(C)C)CN(Cc3ccccc3Cl)C2)ccc1F. The molecule has 1 heterocycles. The van der Waals surface area contributed by atoms with E-state index in [-0.39, 0.29) is 23.6 Å². The second-order valence-corrected chi connectivity index (χ2v) is 8.93. The van der Waals surface area contributed by atoms with Crippen molar-refractivity contribution in [2.75, 3.05) is 40.3 Å². The lowest BCUT2D eigenvalue weighted by molar-refractivity contribution is -0.127. The van der Waals surface area contributed by atoms with E-state index >= 15 is 0 Å². The van der Waals surface area contributed by atoms with E-state index in [1.807, 2.05) is 50.5 Å². The number of carbonyl (C=O) groups excluding carboxylic acids is 1. The minimum absolute atomic E-state index is 0.0875. The van der Waals surface area contributed by atoms with E-state index < -0.39 is 0 Å². The fraction of sp³-hybridized carbons (Fsp3) is 0.458. The van der Waals surface area contributed by atoms with Crippen molar-refractivity contribution in [3.63, 3.8) is 0 Å². The fourth-order valence-electron chi connectivity index (χ4n) is 4.09. The van der Waals surface area contributed by atoms with Gasteiger partial charge in [-0.2, -0.15) is 0 Å². The van der Waals surface area contributed by atoms with E-state index in [0.717, 1.165) is 35.7 Å². The van der Waals surface area contributed by atoms with Crippen LogP contribution >= 0.6 is 11.6 Å². The molecule has 6 heteroatoms. The highest BCUT2D eigenvalue weighted by Crippen LogP contribution is 2.32. The summed E-state index contributed by atoms with van der Waals surface area (Å²) in [5.41, 5.74) is 2.79. The second-order valence-electron chi connectivity index (χ2n) is 8.52. The Morgan fingerprint density at radius 2 is 2.00 bits per heavy atom. The molecule has 1 fully saturated rings. The van der Waals surface area contributed by atoms with Crippen LogP contribution in [0, 0.1) is 18.7 Å². The Morgan fingerprint density at radius 3 is 2.70 bits per heavy atom. The lowest BCUT2D eigenvalue weighted by atomic mass is 9.83. The average Bonchev–Trinajstić information content (AvgIpc) is 2.71. The Hall–Kier alpha value is -1.95. The second kappa shape index (κ2) is 10.4. The predicted molar refractivity (Wildman–Crippen MR) is 120 cm³/mol. The molecule has 30 heavy (non-hydrogen) atoms. The van der Waals surface area contributed by atoms with Gasteiger partial charge in [0, 0.05) is 37.7 Å². The summed E-state index contributed by atoms with van der Waals surface area (Å²) in [4.78, 5) is 17.2. The number of nitrogens with one attached hydrogen (secondary N) is 1. The molecule has 2 atom stereocenters. The van der Waals surface area contributed by atoms with Gasteiger partial charge in [0.05, 0.1) is 5.92 Å². The lowest BCUT2D eigenvalue weighted by Gasteiger charge is -2.37. The number of likely N-dealkylation sites (tertiary alicyclic amines) is 1. The van der Waals surface area contributed by atoms with Gasteiger partial charge in [0.2, 0.25) is 5.91 Å². The monoisotopic (exact) mass is 431 g/mol. The van der Waals surface area contributed by atoms with Crippen LogP contribution in [0.25, 0.3) is 0 Å². The highest BCUT2D eigenvalue weighted by atomic mass is 35.5. The fourth-order valence-corrected chi connectivity index (χ4v) is 4.28. The molecule has 1 aliphatic rings. The van der Waals surface area contributed by atoms with Gasteiger partial charge in [-0.1, -0.05) is 41.9 Å². The Morgan fingerprint density at radius 1 is 1.23 bits per heavy atom. The van der Waals surface area contributed by atoms with Gasteiger partial charge < -0.3 is 10.2 Å². The molecule has 162 valence electrons. The van der Waals surface area contributed by atoms with Crippen LogP contribution in [-0.2, 0) is 11.3 Å². The molecule has 0 spiro atoms. The summed E-state index contributed by atoms with van der Waals surface area (Å²) >= 11 is 6.38. The molecule has 0 unspecified atom stereocenters. The summed E-state index contributed by atoms with van der Waals surface area (Å²) in [6.07, 6.45) is 0.762. The summed E-state index contributed by atoms with van der Waals surface area (Å²) in [6.45, 7) is 5.43. The zero-order valence-corrected chi connectivity index (χ0v) is 18.8. The number of likely N-dealkylation sites (N-methyl/N-ethyl adjacent to an activating group) is 1. The van der Waals surface area contributed by atoms with E-state index in [2.05, 4.69) is 15.1 Å². The highest BCUT2D eigenvalue weighted by molar-refractivity contribution is 6.31. The number of rotatable bonds is 7. The van der Waals surface area contributed by atoms with E-state index in [9.17, 15) is 9.18 Å². The first-order valence-electron chi connectivity index (χ1n) is 10.5. The smallest absolute Gasteiger partial charge is 0.224 e. The Labute approximate surface area is 184 Å². The average molecular weight is 432 g/mol. The third-order valence-corrected chi connectivity index (χ3v) is 6.13. The Balaban J connectivity index is 1.77. The van der Waals surface area contributed by atoms with E-state index in [1.165, 1.54) is 6.07 Å². The van der Waals surface area contributed by atoms with Crippen molar-refractivity contribution in [2.24, 2.45) is 5.92 Å². The maximum atomic E-state index is 13.8. The number of halogens is 2. The number of nitrogens with zero attached hydrogens (tertiary/aromatic N) is 2. The number of carbonyl (C=O) groups is 1. The molecule has 1 amide bonds. The summed E-state index contributed by atoms with van der Waals surface area (Å²) in [7, 11) is 3.98. The maximum absolute atomic E-state index is 13.8. The minimum atomic E-state index is -0.194. The van der Waals surface area contributed by atoms with Gasteiger partial charge >= 0.3 is 0 Å². The summed E-state index contributed by atoms with van der Waals surface area (Å²) in [5, 5.41) is 3.82. The van der Waals surface area contributed by atoms with Crippen LogP contribution in [-0.4, -0.2) is 56.0 Å². The van der Waals surface area contributed by atoms with Gasteiger partial charge in [0.25, 0.3) is 0 Å². The first kappa shape index (κ1) is 22.7. The van der Waals surface area contributed by atoms with Crippen molar-refractivity contribution in [3.05, 3.63) is 70.0 Å². The predicted octanol–water partition coefficient (Wildman–Crippen LogP) is 4.07. The molecular weight excluding hydrogens is 401 g/mol. The van der Waals surface area contributed by atoms with Gasteiger partial charge in [-0.05, 0) is 62.2 Å². The molecule has 2 aromatic carbocycles. The maximum Gasteiger partial charge on any atom is 0.224 e. The molecule has 0 saturated carbocycles. The number of benzene rings is 2. The first-order valence-corrected chi connectivity index (χ1v) is 10.9. The van der Waals surface area contributed by atoms with Crippen molar-refractivity contribution in [2.45, 2.75) is 25.8 Å². The van der Waals surface area contributed by atoms with Crippen LogP contribution in [0.4, 0.5) is 4.39 Å². The van der Waals surface area contributed by atoms with Crippen LogP contribution in [0.2, 0.25) is 5.02 Å². The van der Waals surface area contributed by atoms with Crippen LogP contribution < -0.4 is 5.32 Å². The number of hydrogen-bond acceptors (Lipinski definition) is 3. The lowest BCUT2D eigenvalue weighted by Crippen LogP contribution is -2.46. The van der Waals surface area contributed by atoms with Crippen molar-refractivity contribution in [3.8, 4) is 0 Å². The normalized spacial score (nSPS) is 19.8. The molecule has 2 aromatic rings. The van der Waals surface area contributed by atoms with Crippen molar-refractivity contribution < 1.29 is 9.18 Å². The molecule has 4 nitrogen and oxygen atoms in total. The molecular formula is C24H31ClFN3O. The topological polar surface area (TPSA) is 35.6 Å². The number of hydrogen-bond donors (Lipinski definition) is 1. The van der Waals surface area contributed by atoms with E-state index in [0.29, 0.717) is 25.2 Å². The van der Waals surface area contributed by atoms with E-state index in [4.69, 9.17) is 11.6 Å². The molecule has 0 aromatic heterocycles. The van der Waals surface area contributed by atoms with Crippen molar-refractivity contribution >= 4 is 17.5 Å². The molecule has 0 radical (unpaired) electrons. The Bertz CT molecular complexity index is 873. The van der Waals surface area contributed by atoms with Crippen molar-refractivity contribution in [1.82, 2.24) is 15.1 Å². The third-order valence-electron chi connectivity index (χ3n) is 5.76. The zero-order valence-electron chi connectivity index (χ0n) is 18.0. The number of piperidine rings is 1. The Kier molecular flexibility index (Phi) is 7.87. The quantitative estimate of drug-likeness (QED) is 0.717. The summed E-state index contributed by atoms with van der Waals surface area (Å²) < 4.78 is 13.8. The molecule has 3 rings (SSSR count). The highest BCUT2D eigenvalue weighted by Gasteiger charge is 2.32.